The summed E-state index contributed by atoms with van der Waals surface area (Å²) in [6.07, 6.45) is 4.21. The summed E-state index contributed by atoms with van der Waals surface area (Å²) in [5.41, 5.74) is 0.717. The maximum Gasteiger partial charge on any atom is 0.358 e. The van der Waals surface area contributed by atoms with Gasteiger partial charge in [-0.3, -0.25) is 4.68 Å². The van der Waals surface area contributed by atoms with E-state index in [9.17, 15) is 13.2 Å². The molecule has 0 fully saturated rings. The zero-order valence-electron chi connectivity index (χ0n) is 14.1. The Kier molecular flexibility index (Phi) is 6.65. The van der Waals surface area contributed by atoms with Crippen molar-refractivity contribution in [3.63, 3.8) is 0 Å². The number of nitrogens with zero attached hydrogens (tertiary/aromatic N) is 3. The maximum absolute atomic E-state index is 12.4. The molecule has 9 heteroatoms. The number of aryl methyl sites for hydroxylation is 2. The minimum absolute atomic E-state index is 0.103. The van der Waals surface area contributed by atoms with Gasteiger partial charge in [0.05, 0.1) is 11.1 Å². The van der Waals surface area contributed by atoms with Gasteiger partial charge in [0, 0.05) is 13.1 Å². The third kappa shape index (κ3) is 5.36. The first-order valence-corrected chi connectivity index (χ1v) is 9.63. The van der Waals surface area contributed by atoms with Gasteiger partial charge in [0.2, 0.25) is 10.0 Å². The van der Waals surface area contributed by atoms with Crippen molar-refractivity contribution in [2.45, 2.75) is 44.0 Å². The van der Waals surface area contributed by atoms with Crippen LogP contribution in [-0.2, 0) is 23.0 Å². The summed E-state index contributed by atoms with van der Waals surface area (Å²) < 4.78 is 28.9. The SMILES string of the molecule is CCCc1ccccc1S(=O)(=O)NCCCCn1cc(C(=O)O)nn1. The highest BCUT2D eigenvalue weighted by atomic mass is 32.2. The molecule has 1 heterocycles. The van der Waals surface area contributed by atoms with Crippen molar-refractivity contribution < 1.29 is 18.3 Å². The number of benzene rings is 1. The highest BCUT2D eigenvalue weighted by molar-refractivity contribution is 7.89. The molecule has 1 aromatic heterocycles. The summed E-state index contributed by atoms with van der Waals surface area (Å²) in [5.74, 6) is -1.12. The number of aromatic carboxylic acids is 1. The molecular formula is C16H22N4O4S. The number of sulfonamides is 1. The first kappa shape index (κ1) is 19.1. The Morgan fingerprint density at radius 3 is 2.72 bits per heavy atom. The number of unbranched alkanes of at least 4 members (excludes halogenated alkanes) is 1. The molecule has 0 unspecified atom stereocenters. The summed E-state index contributed by atoms with van der Waals surface area (Å²) in [5, 5.41) is 16.0. The van der Waals surface area contributed by atoms with Crippen LogP contribution in [0.5, 0.6) is 0 Å². The normalized spacial score (nSPS) is 11.6. The van der Waals surface area contributed by atoms with Gasteiger partial charge in [0.25, 0.3) is 0 Å². The molecular weight excluding hydrogens is 344 g/mol. The molecule has 0 aliphatic rings. The number of aromatic nitrogens is 3. The Hall–Kier alpha value is -2.26. The van der Waals surface area contributed by atoms with Gasteiger partial charge in [-0.25, -0.2) is 17.9 Å². The zero-order chi connectivity index (χ0) is 18.3. The monoisotopic (exact) mass is 366 g/mol. The lowest BCUT2D eigenvalue weighted by Crippen LogP contribution is -2.26. The molecule has 8 nitrogen and oxygen atoms in total. The third-order valence-corrected chi connectivity index (χ3v) is 5.21. The van der Waals surface area contributed by atoms with Crippen LogP contribution in [0.1, 0.15) is 42.2 Å². The van der Waals surface area contributed by atoms with E-state index < -0.39 is 16.0 Å². The minimum Gasteiger partial charge on any atom is -0.476 e. The van der Waals surface area contributed by atoms with Gasteiger partial charge >= 0.3 is 5.97 Å². The molecule has 0 atom stereocenters. The predicted molar refractivity (Wildman–Crippen MR) is 91.8 cm³/mol. The molecule has 0 aliphatic carbocycles. The van der Waals surface area contributed by atoms with E-state index in [0.29, 0.717) is 30.8 Å². The van der Waals surface area contributed by atoms with Crippen LogP contribution >= 0.6 is 0 Å². The average Bonchev–Trinajstić information content (AvgIpc) is 3.04. The van der Waals surface area contributed by atoms with Crippen molar-refractivity contribution in [2.24, 2.45) is 0 Å². The number of carboxylic acid groups (broad SMARTS) is 1. The van der Waals surface area contributed by atoms with Crippen LogP contribution in [0.3, 0.4) is 0 Å². The number of hydrogen-bond acceptors (Lipinski definition) is 5. The Bertz CT molecular complexity index is 817. The quantitative estimate of drug-likeness (QED) is 0.619. The van der Waals surface area contributed by atoms with Gasteiger partial charge in [0.1, 0.15) is 0 Å². The summed E-state index contributed by atoms with van der Waals surface area (Å²) >= 11 is 0. The first-order valence-electron chi connectivity index (χ1n) is 8.15. The first-order chi connectivity index (χ1) is 11.9. The van der Waals surface area contributed by atoms with Crippen LogP contribution in [0.25, 0.3) is 0 Å². The number of carbonyl (C=O) groups is 1. The predicted octanol–water partition coefficient (Wildman–Crippen LogP) is 1.69. The summed E-state index contributed by atoms with van der Waals surface area (Å²) in [4.78, 5) is 11.0. The summed E-state index contributed by atoms with van der Waals surface area (Å²) in [7, 11) is -3.53. The highest BCUT2D eigenvalue weighted by Gasteiger charge is 2.16. The summed E-state index contributed by atoms with van der Waals surface area (Å²) in [6, 6.07) is 7.02. The second-order valence-electron chi connectivity index (χ2n) is 5.63. The van der Waals surface area contributed by atoms with E-state index in [1.54, 1.807) is 12.1 Å². The number of nitrogens with one attached hydrogen (secondary N) is 1. The second kappa shape index (κ2) is 8.72. The molecule has 25 heavy (non-hydrogen) atoms. The van der Waals surface area contributed by atoms with Crippen LogP contribution in [0.4, 0.5) is 0 Å². The largest absolute Gasteiger partial charge is 0.476 e. The topological polar surface area (TPSA) is 114 Å². The van der Waals surface area contributed by atoms with Crippen molar-refractivity contribution >= 4 is 16.0 Å². The zero-order valence-corrected chi connectivity index (χ0v) is 14.9. The fourth-order valence-corrected chi connectivity index (χ4v) is 3.77. The molecule has 0 saturated heterocycles. The Morgan fingerprint density at radius 2 is 2.04 bits per heavy atom. The van der Waals surface area contributed by atoms with Crippen molar-refractivity contribution in [1.82, 2.24) is 19.7 Å². The van der Waals surface area contributed by atoms with Crippen LogP contribution in [0.2, 0.25) is 0 Å². The Morgan fingerprint density at radius 1 is 1.28 bits per heavy atom. The third-order valence-electron chi connectivity index (χ3n) is 3.65. The standard InChI is InChI=1S/C16H22N4O4S/c1-2-7-13-8-3-4-9-15(13)25(23,24)17-10-5-6-11-20-12-14(16(21)22)18-19-20/h3-4,8-9,12,17H,2,5-7,10-11H2,1H3,(H,21,22). The van der Waals surface area contributed by atoms with E-state index in [-0.39, 0.29) is 5.69 Å². The molecule has 0 bridgehead atoms. The van der Waals surface area contributed by atoms with E-state index in [4.69, 9.17) is 5.11 Å². The van der Waals surface area contributed by atoms with Gasteiger partial charge in [-0.15, -0.1) is 5.10 Å². The smallest absolute Gasteiger partial charge is 0.358 e. The number of carboxylic acids is 1. The van der Waals surface area contributed by atoms with Gasteiger partial charge in [0.15, 0.2) is 5.69 Å². The van der Waals surface area contributed by atoms with Gasteiger partial charge < -0.3 is 5.11 Å². The molecule has 2 rings (SSSR count). The molecule has 136 valence electrons. The van der Waals surface area contributed by atoms with Crippen molar-refractivity contribution in [3.8, 4) is 0 Å². The van der Waals surface area contributed by atoms with Crippen LogP contribution in [0, 0.1) is 0 Å². The molecule has 0 aliphatic heterocycles. The lowest BCUT2D eigenvalue weighted by molar-refractivity contribution is 0.0690. The average molecular weight is 366 g/mol. The van der Waals surface area contributed by atoms with E-state index in [0.717, 1.165) is 18.4 Å². The number of hydrogen-bond donors (Lipinski definition) is 2. The summed E-state index contributed by atoms with van der Waals surface area (Å²) in [6.45, 7) is 2.80. The van der Waals surface area contributed by atoms with Crippen molar-refractivity contribution in [1.29, 1.82) is 0 Å². The Labute approximate surface area is 146 Å². The molecule has 0 amide bonds. The second-order valence-corrected chi connectivity index (χ2v) is 7.37. The molecule has 2 N–H and O–H groups in total. The highest BCUT2D eigenvalue weighted by Crippen LogP contribution is 2.16. The van der Waals surface area contributed by atoms with Crippen LogP contribution in [0.15, 0.2) is 35.4 Å². The maximum atomic E-state index is 12.4. The van der Waals surface area contributed by atoms with E-state index in [1.807, 2.05) is 19.1 Å². The van der Waals surface area contributed by atoms with E-state index in [1.165, 1.54) is 10.9 Å². The van der Waals surface area contributed by atoms with Crippen LogP contribution < -0.4 is 4.72 Å². The number of rotatable bonds is 10. The molecule has 1 aromatic carbocycles. The van der Waals surface area contributed by atoms with E-state index >= 15 is 0 Å². The molecule has 0 radical (unpaired) electrons. The van der Waals surface area contributed by atoms with Gasteiger partial charge in [-0.1, -0.05) is 36.8 Å². The molecule has 2 aromatic rings. The molecule has 0 saturated carbocycles. The van der Waals surface area contributed by atoms with Crippen molar-refractivity contribution in [3.05, 3.63) is 41.7 Å². The minimum atomic E-state index is -3.53. The molecule has 0 spiro atoms. The lowest BCUT2D eigenvalue weighted by atomic mass is 10.1. The van der Waals surface area contributed by atoms with Crippen LogP contribution in [-0.4, -0.2) is 41.0 Å². The lowest BCUT2D eigenvalue weighted by Gasteiger charge is -2.11. The fourth-order valence-electron chi connectivity index (χ4n) is 2.43. The van der Waals surface area contributed by atoms with Crippen molar-refractivity contribution in [2.75, 3.05) is 6.54 Å². The van der Waals surface area contributed by atoms with Gasteiger partial charge in [-0.05, 0) is 30.9 Å². The fraction of sp³-hybridized carbons (Fsp3) is 0.438. The Balaban J connectivity index is 1.83. The van der Waals surface area contributed by atoms with Gasteiger partial charge in [-0.2, -0.15) is 0 Å². The van der Waals surface area contributed by atoms with E-state index in [2.05, 4.69) is 15.0 Å².